The lowest BCUT2D eigenvalue weighted by molar-refractivity contribution is -0.142. The molecule has 3 rings (SSSR count). The molecule has 1 heterocycles. The van der Waals surface area contributed by atoms with Crippen molar-refractivity contribution >= 4 is 55.3 Å². The second-order valence-corrected chi connectivity index (χ2v) is 12.6. The van der Waals surface area contributed by atoms with Crippen LogP contribution in [0, 0.1) is 0 Å². The molecule has 0 unspecified atom stereocenters. The van der Waals surface area contributed by atoms with E-state index in [1.807, 2.05) is 0 Å². The van der Waals surface area contributed by atoms with E-state index in [1.54, 1.807) is 26.0 Å². The van der Waals surface area contributed by atoms with Crippen molar-refractivity contribution in [3.05, 3.63) is 59.1 Å². The van der Waals surface area contributed by atoms with Gasteiger partial charge in [-0.1, -0.05) is 37.6 Å². The average molecular weight is 600 g/mol. The van der Waals surface area contributed by atoms with Crippen LogP contribution in [0.15, 0.2) is 58.3 Å². The van der Waals surface area contributed by atoms with Crippen LogP contribution < -0.4 is 5.32 Å². The third-order valence-corrected chi connectivity index (χ3v) is 10.1. The Kier molecular flexibility index (Phi) is 10.6. The minimum atomic E-state index is -3.76. The summed E-state index contributed by atoms with van der Waals surface area (Å²) in [5.41, 5.74) is 0.615. The van der Waals surface area contributed by atoms with Crippen LogP contribution in [0.3, 0.4) is 0 Å². The van der Waals surface area contributed by atoms with Gasteiger partial charge in [-0.3, -0.25) is 4.79 Å². The molecule has 0 bridgehead atoms. The molecule has 1 amide bonds. The second-order valence-electron chi connectivity index (χ2n) is 8.31. The predicted octanol–water partition coefficient (Wildman–Crippen LogP) is 2.59. The minimum absolute atomic E-state index is 0.0328. The van der Waals surface area contributed by atoms with E-state index in [0.717, 1.165) is 6.08 Å². The van der Waals surface area contributed by atoms with Gasteiger partial charge in [0.1, 0.15) is 0 Å². The van der Waals surface area contributed by atoms with E-state index in [4.69, 9.17) is 21.1 Å². The van der Waals surface area contributed by atoms with E-state index in [1.165, 1.54) is 45.0 Å². The van der Waals surface area contributed by atoms with Gasteiger partial charge in [-0.15, -0.1) is 0 Å². The van der Waals surface area contributed by atoms with Crippen molar-refractivity contribution in [1.29, 1.82) is 0 Å². The first-order valence-electron chi connectivity index (χ1n) is 12.1. The topological polar surface area (TPSA) is 139 Å². The minimum Gasteiger partial charge on any atom is -0.452 e. The number of benzene rings is 2. The first-order valence-corrected chi connectivity index (χ1v) is 15.4. The van der Waals surface area contributed by atoms with E-state index < -0.39 is 38.5 Å². The van der Waals surface area contributed by atoms with Gasteiger partial charge in [0.15, 0.2) is 6.61 Å². The molecule has 1 aliphatic rings. The van der Waals surface area contributed by atoms with Gasteiger partial charge in [0, 0.05) is 32.3 Å². The summed E-state index contributed by atoms with van der Waals surface area (Å²) >= 11 is 6.11. The van der Waals surface area contributed by atoms with Gasteiger partial charge in [-0.2, -0.15) is 8.61 Å². The lowest BCUT2D eigenvalue weighted by Gasteiger charge is -2.26. The molecule has 0 saturated carbocycles. The van der Waals surface area contributed by atoms with Crippen molar-refractivity contribution in [2.45, 2.75) is 23.6 Å². The number of amides is 1. The van der Waals surface area contributed by atoms with Crippen molar-refractivity contribution in [1.82, 2.24) is 8.61 Å². The number of halogens is 1. The number of carbonyl (C=O) groups excluding carboxylic acids is 2. The predicted molar refractivity (Wildman–Crippen MR) is 146 cm³/mol. The fourth-order valence-electron chi connectivity index (χ4n) is 3.70. The summed E-state index contributed by atoms with van der Waals surface area (Å²) in [5.74, 6) is -1.52. The molecular formula is C25H30ClN3O8S2. The first kappa shape index (κ1) is 30.7. The molecule has 0 radical (unpaired) electrons. The molecule has 212 valence electrons. The fourth-order valence-corrected chi connectivity index (χ4v) is 6.75. The number of morpholine rings is 1. The maximum atomic E-state index is 12.7. The molecule has 0 aromatic heterocycles. The number of nitrogens with one attached hydrogen (secondary N) is 1. The molecule has 39 heavy (non-hydrogen) atoms. The Hall–Kier alpha value is -2.81. The van der Waals surface area contributed by atoms with Gasteiger partial charge in [0.2, 0.25) is 20.0 Å². The zero-order chi connectivity index (χ0) is 28.6. The summed E-state index contributed by atoms with van der Waals surface area (Å²) in [7, 11) is -7.39. The maximum absolute atomic E-state index is 12.7. The van der Waals surface area contributed by atoms with Crippen LogP contribution in [-0.4, -0.2) is 83.3 Å². The van der Waals surface area contributed by atoms with E-state index in [0.29, 0.717) is 18.8 Å². The molecule has 2 aromatic rings. The van der Waals surface area contributed by atoms with E-state index in [2.05, 4.69) is 5.32 Å². The third kappa shape index (κ3) is 7.87. The molecule has 1 fully saturated rings. The molecule has 1 aliphatic heterocycles. The van der Waals surface area contributed by atoms with Crippen LogP contribution >= 0.6 is 11.6 Å². The van der Waals surface area contributed by atoms with Gasteiger partial charge < -0.3 is 14.8 Å². The number of rotatable bonds is 11. The van der Waals surface area contributed by atoms with E-state index in [-0.39, 0.29) is 46.7 Å². The quantitative estimate of drug-likeness (QED) is 0.307. The normalized spacial score (nSPS) is 15.0. The Labute approximate surface area is 233 Å². The molecule has 0 spiro atoms. The summed E-state index contributed by atoms with van der Waals surface area (Å²) in [6, 6.07) is 9.94. The number of carbonyl (C=O) groups is 2. The van der Waals surface area contributed by atoms with Gasteiger partial charge in [0.05, 0.1) is 33.7 Å². The zero-order valence-electron chi connectivity index (χ0n) is 21.5. The first-order chi connectivity index (χ1) is 18.5. The molecule has 2 aromatic carbocycles. The van der Waals surface area contributed by atoms with Gasteiger partial charge >= 0.3 is 5.97 Å². The van der Waals surface area contributed by atoms with Crippen molar-refractivity contribution in [3.63, 3.8) is 0 Å². The van der Waals surface area contributed by atoms with Crippen LogP contribution in [0.1, 0.15) is 19.4 Å². The summed E-state index contributed by atoms with van der Waals surface area (Å²) < 4.78 is 63.6. The number of anilines is 1. The highest BCUT2D eigenvalue weighted by atomic mass is 35.5. The lowest BCUT2D eigenvalue weighted by atomic mass is 10.2. The number of nitrogens with zero attached hydrogens (tertiary/aromatic N) is 2. The number of sulfonamides is 2. The van der Waals surface area contributed by atoms with Crippen LogP contribution in [0.5, 0.6) is 0 Å². The number of hydrogen-bond donors (Lipinski definition) is 1. The number of hydrogen-bond acceptors (Lipinski definition) is 8. The Morgan fingerprint density at radius 2 is 1.64 bits per heavy atom. The number of ether oxygens (including phenoxy) is 2. The summed E-state index contributed by atoms with van der Waals surface area (Å²) in [6.07, 6.45) is 2.52. The third-order valence-electron chi connectivity index (χ3n) is 5.80. The monoisotopic (exact) mass is 599 g/mol. The largest absolute Gasteiger partial charge is 0.452 e. The molecule has 1 N–H and O–H groups in total. The van der Waals surface area contributed by atoms with Crippen LogP contribution in [-0.2, 0) is 39.1 Å². The summed E-state index contributed by atoms with van der Waals surface area (Å²) in [4.78, 5) is 24.5. The summed E-state index contributed by atoms with van der Waals surface area (Å²) in [6.45, 7) is 4.63. The molecule has 11 nitrogen and oxygen atoms in total. The molecular weight excluding hydrogens is 570 g/mol. The van der Waals surface area contributed by atoms with Crippen LogP contribution in [0.25, 0.3) is 6.08 Å². The standard InChI is InChI=1S/C25H30ClN3O8S2/c1-3-28(4-2)39(34,35)21-10-11-22(26)23(17-21)27-24(30)18-37-25(31)12-7-19-5-8-20(9-6-19)38(32,33)29-13-15-36-16-14-29/h5-12,17H,3-4,13-16,18H2,1-2H3,(H,27,30)/b12-7+. The molecule has 14 heteroatoms. The SMILES string of the molecule is CCN(CC)S(=O)(=O)c1ccc(Cl)c(NC(=O)COC(=O)/C=C/c2ccc(S(=O)(=O)N3CCOCC3)cc2)c1. The lowest BCUT2D eigenvalue weighted by Crippen LogP contribution is -2.40. The highest BCUT2D eigenvalue weighted by Crippen LogP contribution is 2.27. The van der Waals surface area contributed by atoms with Crippen LogP contribution in [0.2, 0.25) is 5.02 Å². The van der Waals surface area contributed by atoms with Gasteiger partial charge in [0.25, 0.3) is 5.91 Å². The van der Waals surface area contributed by atoms with Gasteiger partial charge in [-0.05, 0) is 42.0 Å². The van der Waals surface area contributed by atoms with E-state index >= 15 is 0 Å². The Balaban J connectivity index is 1.56. The second kappa shape index (κ2) is 13.5. The van der Waals surface area contributed by atoms with Crippen molar-refractivity contribution in [2.24, 2.45) is 0 Å². The van der Waals surface area contributed by atoms with Gasteiger partial charge in [-0.25, -0.2) is 21.6 Å². The molecule has 0 atom stereocenters. The fraction of sp³-hybridized carbons (Fsp3) is 0.360. The maximum Gasteiger partial charge on any atom is 0.331 e. The average Bonchev–Trinajstić information content (AvgIpc) is 2.93. The molecule has 1 saturated heterocycles. The van der Waals surface area contributed by atoms with Crippen molar-refractivity contribution < 1.29 is 35.9 Å². The van der Waals surface area contributed by atoms with Crippen LogP contribution in [0.4, 0.5) is 5.69 Å². The van der Waals surface area contributed by atoms with Crippen molar-refractivity contribution in [2.75, 3.05) is 51.3 Å². The zero-order valence-corrected chi connectivity index (χ0v) is 23.9. The number of esters is 1. The smallest absolute Gasteiger partial charge is 0.331 e. The van der Waals surface area contributed by atoms with E-state index in [9.17, 15) is 26.4 Å². The Morgan fingerprint density at radius 3 is 2.26 bits per heavy atom. The highest BCUT2D eigenvalue weighted by Gasteiger charge is 2.26. The summed E-state index contributed by atoms with van der Waals surface area (Å²) in [5, 5.41) is 2.57. The Bertz CT molecular complexity index is 1420. The van der Waals surface area contributed by atoms with Crippen molar-refractivity contribution in [3.8, 4) is 0 Å². The Morgan fingerprint density at radius 1 is 1.03 bits per heavy atom. The highest BCUT2D eigenvalue weighted by molar-refractivity contribution is 7.89. The molecule has 0 aliphatic carbocycles.